The number of aromatic nitrogens is 2. The minimum atomic E-state index is 0.363. The third-order valence-corrected chi connectivity index (χ3v) is 4.44. The molecule has 3 atom stereocenters. The highest BCUT2D eigenvalue weighted by atomic mass is 16.5. The van der Waals surface area contributed by atoms with Gasteiger partial charge in [-0.2, -0.15) is 0 Å². The summed E-state index contributed by atoms with van der Waals surface area (Å²) in [5, 5.41) is 3.62. The first-order valence-electron chi connectivity index (χ1n) is 7.18. The zero-order valence-electron chi connectivity index (χ0n) is 11.1. The zero-order chi connectivity index (χ0) is 12.4. The molecule has 0 aromatic carbocycles. The molecule has 1 N–H and O–H groups in total. The maximum Gasteiger partial charge on any atom is 0.0952 e. The van der Waals surface area contributed by atoms with Gasteiger partial charge in [0, 0.05) is 19.3 Å². The SMILES string of the molecule is COC1CCCC1n1cncc1C1CCCCN1. The molecule has 0 bridgehead atoms. The largest absolute Gasteiger partial charge is 0.379 e. The summed E-state index contributed by atoms with van der Waals surface area (Å²) in [5.74, 6) is 0. The summed E-state index contributed by atoms with van der Waals surface area (Å²) in [4.78, 5) is 4.38. The lowest BCUT2D eigenvalue weighted by Gasteiger charge is -2.28. The Morgan fingerprint density at radius 1 is 1.28 bits per heavy atom. The second-order valence-electron chi connectivity index (χ2n) is 5.50. The molecule has 0 amide bonds. The molecule has 3 rings (SSSR count). The molecule has 1 saturated carbocycles. The lowest BCUT2D eigenvalue weighted by molar-refractivity contribution is 0.0733. The predicted molar refractivity (Wildman–Crippen MR) is 70.5 cm³/mol. The van der Waals surface area contributed by atoms with Crippen LogP contribution in [0.4, 0.5) is 0 Å². The Bertz CT molecular complexity index is 384. The second kappa shape index (κ2) is 5.41. The number of methoxy groups -OCH3 is 1. The zero-order valence-corrected chi connectivity index (χ0v) is 11.1. The van der Waals surface area contributed by atoms with Gasteiger partial charge < -0.3 is 14.6 Å². The minimum Gasteiger partial charge on any atom is -0.379 e. The van der Waals surface area contributed by atoms with E-state index in [1.165, 1.54) is 44.2 Å². The molecule has 1 aromatic heterocycles. The van der Waals surface area contributed by atoms with Gasteiger partial charge in [-0.15, -0.1) is 0 Å². The fraction of sp³-hybridized carbons (Fsp3) is 0.786. The number of nitrogens with one attached hydrogen (secondary N) is 1. The van der Waals surface area contributed by atoms with Crippen molar-refractivity contribution in [3.05, 3.63) is 18.2 Å². The van der Waals surface area contributed by atoms with Crippen LogP contribution in [0.25, 0.3) is 0 Å². The molecule has 2 fully saturated rings. The van der Waals surface area contributed by atoms with Crippen molar-refractivity contribution in [1.82, 2.24) is 14.9 Å². The van der Waals surface area contributed by atoms with Gasteiger partial charge in [-0.1, -0.05) is 6.42 Å². The summed E-state index contributed by atoms with van der Waals surface area (Å²) in [5.41, 5.74) is 1.35. The van der Waals surface area contributed by atoms with Gasteiger partial charge in [0.25, 0.3) is 0 Å². The number of piperidine rings is 1. The molecule has 4 nitrogen and oxygen atoms in total. The summed E-state index contributed by atoms with van der Waals surface area (Å²) >= 11 is 0. The van der Waals surface area contributed by atoms with Crippen molar-refractivity contribution in [3.8, 4) is 0 Å². The number of hydrogen-bond acceptors (Lipinski definition) is 3. The molecule has 1 aromatic rings. The topological polar surface area (TPSA) is 39.1 Å². The van der Waals surface area contributed by atoms with Crippen molar-refractivity contribution in [2.75, 3.05) is 13.7 Å². The van der Waals surface area contributed by atoms with Crippen LogP contribution in [0.2, 0.25) is 0 Å². The summed E-state index contributed by atoms with van der Waals surface area (Å²) in [7, 11) is 1.83. The lowest BCUT2D eigenvalue weighted by Crippen LogP contribution is -2.30. The number of ether oxygens (including phenoxy) is 1. The van der Waals surface area contributed by atoms with E-state index in [1.807, 2.05) is 19.6 Å². The average molecular weight is 249 g/mol. The van der Waals surface area contributed by atoms with Crippen LogP contribution >= 0.6 is 0 Å². The monoisotopic (exact) mass is 249 g/mol. The van der Waals surface area contributed by atoms with Crippen LogP contribution in [0.3, 0.4) is 0 Å². The van der Waals surface area contributed by atoms with Crippen LogP contribution in [0.5, 0.6) is 0 Å². The predicted octanol–water partition coefficient (Wildman–Crippen LogP) is 2.44. The lowest BCUT2D eigenvalue weighted by atomic mass is 10.0. The molecule has 4 heteroatoms. The van der Waals surface area contributed by atoms with Gasteiger partial charge in [-0.05, 0) is 38.6 Å². The van der Waals surface area contributed by atoms with Gasteiger partial charge in [0.05, 0.1) is 24.2 Å². The van der Waals surface area contributed by atoms with E-state index in [0.29, 0.717) is 18.2 Å². The highest BCUT2D eigenvalue weighted by Gasteiger charge is 2.31. The quantitative estimate of drug-likeness (QED) is 0.894. The molecule has 1 aliphatic carbocycles. The molecule has 100 valence electrons. The molecule has 1 aliphatic heterocycles. The summed E-state index contributed by atoms with van der Waals surface area (Å²) in [6.45, 7) is 1.13. The summed E-state index contributed by atoms with van der Waals surface area (Å²) in [6, 6.07) is 0.968. The number of nitrogens with zero attached hydrogens (tertiary/aromatic N) is 2. The minimum absolute atomic E-state index is 0.363. The van der Waals surface area contributed by atoms with Gasteiger partial charge in [0.15, 0.2) is 0 Å². The van der Waals surface area contributed by atoms with E-state index < -0.39 is 0 Å². The van der Waals surface area contributed by atoms with Crippen LogP contribution in [-0.2, 0) is 4.74 Å². The first-order valence-corrected chi connectivity index (χ1v) is 7.18. The van der Waals surface area contributed by atoms with Crippen LogP contribution < -0.4 is 5.32 Å². The van der Waals surface area contributed by atoms with E-state index in [2.05, 4.69) is 14.9 Å². The van der Waals surface area contributed by atoms with E-state index in [9.17, 15) is 0 Å². The van der Waals surface area contributed by atoms with Crippen molar-refractivity contribution >= 4 is 0 Å². The van der Waals surface area contributed by atoms with E-state index in [1.54, 1.807) is 0 Å². The van der Waals surface area contributed by atoms with Gasteiger partial charge in [-0.25, -0.2) is 4.98 Å². The molecule has 0 spiro atoms. The third kappa shape index (κ3) is 2.19. The molecule has 3 unspecified atom stereocenters. The first-order chi connectivity index (χ1) is 8.90. The van der Waals surface area contributed by atoms with Gasteiger partial charge in [-0.3, -0.25) is 0 Å². The summed E-state index contributed by atoms with van der Waals surface area (Å²) in [6.07, 6.45) is 11.9. The Morgan fingerprint density at radius 2 is 2.22 bits per heavy atom. The standard InChI is InChI=1S/C14H23N3O/c1-18-14-7-4-6-12(14)17-10-15-9-13(17)11-5-2-3-8-16-11/h9-12,14,16H,2-8H2,1H3. The number of hydrogen-bond donors (Lipinski definition) is 1. The number of imidazole rings is 1. The Hall–Kier alpha value is -0.870. The van der Waals surface area contributed by atoms with Gasteiger partial charge in [0.1, 0.15) is 0 Å². The number of rotatable bonds is 3. The normalized spacial score (nSPS) is 32.8. The third-order valence-electron chi connectivity index (χ3n) is 4.44. The van der Waals surface area contributed by atoms with Gasteiger partial charge in [0.2, 0.25) is 0 Å². The van der Waals surface area contributed by atoms with Crippen molar-refractivity contribution in [1.29, 1.82) is 0 Å². The Kier molecular flexibility index (Phi) is 3.66. The maximum atomic E-state index is 5.62. The molecular formula is C14H23N3O. The highest BCUT2D eigenvalue weighted by molar-refractivity contribution is 5.09. The molecule has 18 heavy (non-hydrogen) atoms. The van der Waals surface area contributed by atoms with Crippen molar-refractivity contribution in [3.63, 3.8) is 0 Å². The summed E-state index contributed by atoms with van der Waals surface area (Å²) < 4.78 is 7.99. The maximum absolute atomic E-state index is 5.62. The molecule has 2 heterocycles. The van der Waals surface area contributed by atoms with E-state index in [4.69, 9.17) is 4.74 Å². The first kappa shape index (κ1) is 12.2. The Morgan fingerprint density at radius 3 is 3.00 bits per heavy atom. The Labute approximate surface area is 109 Å². The van der Waals surface area contributed by atoms with Gasteiger partial charge >= 0.3 is 0 Å². The van der Waals surface area contributed by atoms with E-state index in [0.717, 1.165) is 6.54 Å². The van der Waals surface area contributed by atoms with Crippen LogP contribution in [0.1, 0.15) is 56.3 Å². The average Bonchev–Trinajstić information content (AvgIpc) is 3.07. The fourth-order valence-corrected chi connectivity index (χ4v) is 3.47. The van der Waals surface area contributed by atoms with E-state index in [-0.39, 0.29) is 0 Å². The molecule has 2 aliphatic rings. The fourth-order valence-electron chi connectivity index (χ4n) is 3.47. The van der Waals surface area contributed by atoms with Crippen LogP contribution in [0, 0.1) is 0 Å². The van der Waals surface area contributed by atoms with Crippen LogP contribution in [-0.4, -0.2) is 29.3 Å². The van der Waals surface area contributed by atoms with E-state index >= 15 is 0 Å². The second-order valence-corrected chi connectivity index (χ2v) is 5.50. The molecular weight excluding hydrogens is 226 g/mol. The molecule has 1 saturated heterocycles. The Balaban J connectivity index is 1.81. The molecule has 0 radical (unpaired) electrons. The van der Waals surface area contributed by atoms with Crippen molar-refractivity contribution in [2.24, 2.45) is 0 Å². The highest BCUT2D eigenvalue weighted by Crippen LogP contribution is 2.35. The van der Waals surface area contributed by atoms with Crippen molar-refractivity contribution < 1.29 is 4.74 Å². The van der Waals surface area contributed by atoms with Crippen molar-refractivity contribution in [2.45, 2.75) is 56.7 Å². The van der Waals surface area contributed by atoms with Crippen LogP contribution in [0.15, 0.2) is 12.5 Å². The smallest absolute Gasteiger partial charge is 0.0952 e.